The molecule has 0 bridgehead atoms. The molecule has 0 aliphatic rings. The molecule has 2 aromatic carbocycles. The van der Waals surface area contributed by atoms with Gasteiger partial charge in [0, 0.05) is 10.2 Å². The molecule has 0 heterocycles. The minimum Gasteiger partial charge on any atom is -0.457 e. The van der Waals surface area contributed by atoms with Gasteiger partial charge in [-0.05, 0) is 48.4 Å². The summed E-state index contributed by atoms with van der Waals surface area (Å²) in [7, 11) is 0. The van der Waals surface area contributed by atoms with Crippen molar-refractivity contribution in [1.82, 2.24) is 0 Å². The molecule has 4 heteroatoms. The van der Waals surface area contributed by atoms with Gasteiger partial charge in [-0.15, -0.1) is 0 Å². The maximum absolute atomic E-state index is 11.9. The molecular formula is C15H14BrNO2. The van der Waals surface area contributed by atoms with Crippen molar-refractivity contribution in [3.05, 3.63) is 63.6 Å². The third-order valence-corrected chi connectivity index (χ3v) is 3.09. The van der Waals surface area contributed by atoms with Gasteiger partial charge >= 0.3 is 5.97 Å². The summed E-state index contributed by atoms with van der Waals surface area (Å²) in [6.45, 7) is 2.13. The Labute approximate surface area is 120 Å². The number of rotatable bonds is 3. The maximum Gasteiger partial charge on any atom is 0.338 e. The fraction of sp³-hybridized carbons (Fsp3) is 0.133. The zero-order chi connectivity index (χ0) is 13.8. The number of esters is 1. The van der Waals surface area contributed by atoms with Crippen LogP contribution in [0.2, 0.25) is 0 Å². The highest BCUT2D eigenvalue weighted by molar-refractivity contribution is 9.10. The predicted molar refractivity (Wildman–Crippen MR) is 78.9 cm³/mol. The SMILES string of the molecule is Cc1cc(N)cc(C(=O)OCc2cccc(Br)c2)c1. The Morgan fingerprint density at radius 2 is 2.05 bits per heavy atom. The van der Waals surface area contributed by atoms with E-state index in [1.807, 2.05) is 37.3 Å². The number of nitrogen functional groups attached to an aromatic ring is 1. The van der Waals surface area contributed by atoms with Crippen molar-refractivity contribution in [2.75, 3.05) is 5.73 Å². The average Bonchev–Trinajstić information content (AvgIpc) is 2.35. The lowest BCUT2D eigenvalue weighted by Gasteiger charge is -2.07. The molecule has 98 valence electrons. The van der Waals surface area contributed by atoms with Crippen LogP contribution >= 0.6 is 15.9 Å². The highest BCUT2D eigenvalue weighted by Crippen LogP contribution is 2.15. The Hall–Kier alpha value is -1.81. The fourth-order valence-electron chi connectivity index (χ4n) is 1.79. The van der Waals surface area contributed by atoms with E-state index in [1.54, 1.807) is 12.1 Å². The molecular weight excluding hydrogens is 306 g/mol. The van der Waals surface area contributed by atoms with Crippen LogP contribution in [0.4, 0.5) is 5.69 Å². The molecule has 0 unspecified atom stereocenters. The van der Waals surface area contributed by atoms with E-state index in [9.17, 15) is 4.79 Å². The van der Waals surface area contributed by atoms with E-state index in [1.165, 1.54) is 0 Å². The Balaban J connectivity index is 2.05. The largest absolute Gasteiger partial charge is 0.457 e. The minimum absolute atomic E-state index is 0.242. The second kappa shape index (κ2) is 5.89. The number of nitrogens with two attached hydrogens (primary N) is 1. The number of hydrogen-bond acceptors (Lipinski definition) is 3. The van der Waals surface area contributed by atoms with Gasteiger partial charge in [-0.3, -0.25) is 0 Å². The fourth-order valence-corrected chi connectivity index (χ4v) is 2.24. The number of anilines is 1. The van der Waals surface area contributed by atoms with Gasteiger partial charge in [0.15, 0.2) is 0 Å². The first kappa shape index (κ1) is 13.6. The number of carbonyl (C=O) groups is 1. The Bertz CT molecular complexity index is 591. The van der Waals surface area contributed by atoms with Gasteiger partial charge in [0.2, 0.25) is 0 Å². The van der Waals surface area contributed by atoms with E-state index < -0.39 is 0 Å². The first-order valence-corrected chi connectivity index (χ1v) is 6.62. The van der Waals surface area contributed by atoms with Gasteiger partial charge in [0.25, 0.3) is 0 Å². The predicted octanol–water partition coefficient (Wildman–Crippen LogP) is 3.70. The summed E-state index contributed by atoms with van der Waals surface area (Å²) in [4.78, 5) is 11.9. The van der Waals surface area contributed by atoms with E-state index in [0.29, 0.717) is 11.3 Å². The lowest BCUT2D eigenvalue weighted by molar-refractivity contribution is 0.0472. The second-order valence-electron chi connectivity index (χ2n) is 4.34. The molecule has 2 rings (SSSR count). The molecule has 0 fully saturated rings. The average molecular weight is 320 g/mol. The third kappa shape index (κ3) is 3.83. The monoisotopic (exact) mass is 319 g/mol. The van der Waals surface area contributed by atoms with Crippen molar-refractivity contribution in [2.45, 2.75) is 13.5 Å². The quantitative estimate of drug-likeness (QED) is 0.693. The highest BCUT2D eigenvalue weighted by Gasteiger charge is 2.08. The van der Waals surface area contributed by atoms with Crippen LogP contribution in [-0.2, 0) is 11.3 Å². The standard InChI is InChI=1S/C15H14BrNO2/c1-10-5-12(8-14(17)6-10)15(18)19-9-11-3-2-4-13(16)7-11/h2-8H,9,17H2,1H3. The third-order valence-electron chi connectivity index (χ3n) is 2.59. The summed E-state index contributed by atoms with van der Waals surface area (Å²) < 4.78 is 6.22. The van der Waals surface area contributed by atoms with E-state index in [-0.39, 0.29) is 12.6 Å². The van der Waals surface area contributed by atoms with Gasteiger partial charge in [0.1, 0.15) is 6.61 Å². The lowest BCUT2D eigenvalue weighted by atomic mass is 10.1. The van der Waals surface area contributed by atoms with Crippen LogP contribution in [0.15, 0.2) is 46.9 Å². The van der Waals surface area contributed by atoms with Gasteiger partial charge in [-0.2, -0.15) is 0 Å². The van der Waals surface area contributed by atoms with Gasteiger partial charge in [-0.25, -0.2) is 4.79 Å². The maximum atomic E-state index is 11.9. The van der Waals surface area contributed by atoms with Gasteiger partial charge < -0.3 is 10.5 Å². The number of halogens is 1. The zero-order valence-electron chi connectivity index (χ0n) is 10.5. The highest BCUT2D eigenvalue weighted by atomic mass is 79.9. The summed E-state index contributed by atoms with van der Waals surface area (Å²) in [5, 5.41) is 0. The van der Waals surface area contributed by atoms with Crippen molar-refractivity contribution >= 4 is 27.6 Å². The molecule has 19 heavy (non-hydrogen) atoms. The van der Waals surface area contributed by atoms with Crippen LogP contribution in [0.3, 0.4) is 0 Å². The Morgan fingerprint density at radius 3 is 2.74 bits per heavy atom. The summed E-state index contributed by atoms with van der Waals surface area (Å²) in [6, 6.07) is 12.8. The molecule has 0 atom stereocenters. The van der Waals surface area contributed by atoms with Crippen LogP contribution in [0.5, 0.6) is 0 Å². The van der Waals surface area contributed by atoms with Crippen molar-refractivity contribution in [3.63, 3.8) is 0 Å². The summed E-state index contributed by atoms with van der Waals surface area (Å²) in [6.07, 6.45) is 0. The summed E-state index contributed by atoms with van der Waals surface area (Å²) in [5.74, 6) is -0.365. The molecule has 3 nitrogen and oxygen atoms in total. The number of hydrogen-bond donors (Lipinski definition) is 1. The number of carbonyl (C=O) groups excluding carboxylic acids is 1. The van der Waals surface area contributed by atoms with Crippen LogP contribution in [0.1, 0.15) is 21.5 Å². The molecule has 0 saturated carbocycles. The lowest BCUT2D eigenvalue weighted by Crippen LogP contribution is -2.06. The number of benzene rings is 2. The van der Waals surface area contributed by atoms with Crippen LogP contribution in [-0.4, -0.2) is 5.97 Å². The van der Waals surface area contributed by atoms with E-state index in [2.05, 4.69) is 15.9 Å². The zero-order valence-corrected chi connectivity index (χ0v) is 12.1. The first-order chi connectivity index (χ1) is 9.04. The van der Waals surface area contributed by atoms with Crippen molar-refractivity contribution in [1.29, 1.82) is 0 Å². The molecule has 0 aromatic heterocycles. The smallest absolute Gasteiger partial charge is 0.338 e. The molecule has 0 saturated heterocycles. The number of aryl methyl sites for hydroxylation is 1. The molecule has 0 radical (unpaired) electrons. The Kier molecular flexibility index (Phi) is 4.22. The molecule has 2 aromatic rings. The molecule has 0 aliphatic heterocycles. The minimum atomic E-state index is -0.365. The van der Waals surface area contributed by atoms with Gasteiger partial charge in [0.05, 0.1) is 5.56 Å². The van der Waals surface area contributed by atoms with Crippen LogP contribution in [0.25, 0.3) is 0 Å². The molecule has 0 amide bonds. The van der Waals surface area contributed by atoms with E-state index in [0.717, 1.165) is 15.6 Å². The molecule has 0 aliphatic carbocycles. The van der Waals surface area contributed by atoms with Crippen LogP contribution in [0, 0.1) is 6.92 Å². The van der Waals surface area contributed by atoms with Crippen molar-refractivity contribution in [2.24, 2.45) is 0 Å². The number of ether oxygens (including phenoxy) is 1. The van der Waals surface area contributed by atoms with E-state index in [4.69, 9.17) is 10.5 Å². The molecule has 2 N–H and O–H groups in total. The second-order valence-corrected chi connectivity index (χ2v) is 5.25. The summed E-state index contributed by atoms with van der Waals surface area (Å²) >= 11 is 3.38. The summed E-state index contributed by atoms with van der Waals surface area (Å²) in [5.41, 5.74) is 8.63. The normalized spacial score (nSPS) is 10.2. The Morgan fingerprint density at radius 1 is 1.26 bits per heavy atom. The first-order valence-electron chi connectivity index (χ1n) is 5.83. The topological polar surface area (TPSA) is 52.3 Å². The molecule has 0 spiro atoms. The van der Waals surface area contributed by atoms with Gasteiger partial charge in [-0.1, -0.05) is 28.1 Å². The van der Waals surface area contributed by atoms with Crippen molar-refractivity contribution in [3.8, 4) is 0 Å². The van der Waals surface area contributed by atoms with E-state index >= 15 is 0 Å². The van der Waals surface area contributed by atoms with Crippen molar-refractivity contribution < 1.29 is 9.53 Å². The van der Waals surface area contributed by atoms with Crippen LogP contribution < -0.4 is 5.73 Å².